The highest BCUT2D eigenvalue weighted by atomic mass is 19.3. The Morgan fingerprint density at radius 2 is 2.14 bits per heavy atom. The molecule has 0 saturated heterocycles. The Morgan fingerprint density at radius 1 is 1.64 bits per heavy atom. The summed E-state index contributed by atoms with van der Waals surface area (Å²) in [5.41, 5.74) is 4.18. The van der Waals surface area contributed by atoms with Gasteiger partial charge in [0.2, 0.25) is 5.72 Å². The highest BCUT2D eigenvalue weighted by Crippen LogP contribution is 2.31. The molecule has 0 aromatic carbocycles. The molecular formula is C5H7F2N3O4. The number of halogens is 2. The molecule has 0 heterocycles. The third-order valence-corrected chi connectivity index (χ3v) is 1.47. The first-order valence-electron chi connectivity index (χ1n) is 3.27. The summed E-state index contributed by atoms with van der Waals surface area (Å²) in [6.07, 6.45) is -3.45. The van der Waals surface area contributed by atoms with Gasteiger partial charge in [-0.3, -0.25) is 4.79 Å². The van der Waals surface area contributed by atoms with Gasteiger partial charge in [-0.15, -0.1) is 0 Å². The molecule has 0 aliphatic rings. The van der Waals surface area contributed by atoms with Crippen LogP contribution in [-0.2, 0) is 4.79 Å². The molecule has 0 spiro atoms. The van der Waals surface area contributed by atoms with E-state index in [1.54, 1.807) is 0 Å². The Hall–Kier alpha value is -1.28. The average Bonchev–Trinajstić information content (AvgIpc) is 2.16. The van der Waals surface area contributed by atoms with E-state index in [-0.39, 0.29) is 0 Å². The number of nitrogens with zero attached hydrogens (tertiary/aromatic N) is 3. The van der Waals surface area contributed by atoms with Crippen molar-refractivity contribution in [2.45, 2.75) is 17.8 Å². The second-order valence-corrected chi connectivity index (χ2v) is 2.35. The molecule has 0 aromatic heterocycles. The molecule has 0 amide bonds. The predicted octanol–water partition coefficient (Wildman–Crippen LogP) is -0.827. The van der Waals surface area contributed by atoms with Gasteiger partial charge in [0.15, 0.2) is 6.29 Å². The second-order valence-electron chi connectivity index (χ2n) is 2.35. The van der Waals surface area contributed by atoms with Crippen LogP contribution in [0.4, 0.5) is 8.78 Å². The molecule has 0 bridgehead atoms. The molecular weight excluding hydrogens is 204 g/mol. The monoisotopic (exact) mass is 211 g/mol. The molecule has 9 heteroatoms. The number of aldehydes is 1. The second kappa shape index (κ2) is 4.29. The topological polar surface area (TPSA) is 127 Å². The van der Waals surface area contributed by atoms with Crippen LogP contribution >= 0.6 is 0 Å². The molecule has 80 valence electrons. The Labute approximate surface area is 76.2 Å². The number of hydrogen-bond acceptors (Lipinski definition) is 5. The van der Waals surface area contributed by atoms with Crippen molar-refractivity contribution in [2.75, 3.05) is 6.61 Å². The smallest absolute Gasteiger partial charge is 0.339 e. The maximum atomic E-state index is 12.7. The minimum absolute atomic E-state index is 0.986. The Bertz CT molecular complexity index is 268. The Balaban J connectivity index is 5.29. The lowest BCUT2D eigenvalue weighted by atomic mass is 10.0. The minimum atomic E-state index is -4.48. The van der Waals surface area contributed by atoms with E-state index < -0.39 is 30.6 Å². The van der Waals surface area contributed by atoms with Crippen LogP contribution in [0, 0.1) is 0 Å². The van der Waals surface area contributed by atoms with E-state index in [1.165, 1.54) is 0 Å². The van der Waals surface area contributed by atoms with Crippen LogP contribution in [0.3, 0.4) is 0 Å². The third kappa shape index (κ3) is 1.96. The molecule has 0 unspecified atom stereocenters. The Kier molecular flexibility index (Phi) is 3.90. The van der Waals surface area contributed by atoms with E-state index in [0.29, 0.717) is 0 Å². The van der Waals surface area contributed by atoms with Crippen molar-refractivity contribution in [1.82, 2.24) is 0 Å². The van der Waals surface area contributed by atoms with Gasteiger partial charge >= 0.3 is 5.92 Å². The summed E-state index contributed by atoms with van der Waals surface area (Å²) in [6.45, 7) is -1.29. The molecule has 0 rings (SSSR count). The molecule has 0 aromatic rings. The lowest BCUT2D eigenvalue weighted by Gasteiger charge is -2.30. The maximum absolute atomic E-state index is 12.7. The van der Waals surface area contributed by atoms with Crippen molar-refractivity contribution in [2.24, 2.45) is 5.11 Å². The van der Waals surface area contributed by atoms with Crippen LogP contribution in [0.5, 0.6) is 0 Å². The van der Waals surface area contributed by atoms with Gasteiger partial charge in [0, 0.05) is 4.91 Å². The molecule has 0 aliphatic carbocycles. The van der Waals surface area contributed by atoms with E-state index >= 15 is 0 Å². The molecule has 0 radical (unpaired) electrons. The number of carbonyl (C=O) groups excluding carboxylic acids is 1. The average molecular weight is 211 g/mol. The first-order chi connectivity index (χ1) is 6.35. The first kappa shape index (κ1) is 12.7. The lowest BCUT2D eigenvalue weighted by Crippen LogP contribution is -2.57. The molecule has 7 nitrogen and oxygen atoms in total. The number of alkyl halides is 2. The number of aliphatic hydroxyl groups is 3. The van der Waals surface area contributed by atoms with Crippen molar-refractivity contribution >= 4 is 6.29 Å². The zero-order chi connectivity index (χ0) is 11.4. The predicted molar refractivity (Wildman–Crippen MR) is 38.2 cm³/mol. The largest absolute Gasteiger partial charge is 0.394 e. The van der Waals surface area contributed by atoms with Crippen molar-refractivity contribution in [3.8, 4) is 0 Å². The summed E-state index contributed by atoms with van der Waals surface area (Å²) < 4.78 is 25.3. The number of aliphatic hydroxyl groups excluding tert-OH is 2. The van der Waals surface area contributed by atoms with Gasteiger partial charge in [0.25, 0.3) is 0 Å². The van der Waals surface area contributed by atoms with Gasteiger partial charge in [0.05, 0.1) is 6.61 Å². The normalized spacial score (nSPS) is 17.8. The zero-order valence-electron chi connectivity index (χ0n) is 6.71. The van der Waals surface area contributed by atoms with Gasteiger partial charge in [-0.05, 0) is 10.6 Å². The van der Waals surface area contributed by atoms with Crippen molar-refractivity contribution in [3.63, 3.8) is 0 Å². The summed E-state index contributed by atoms with van der Waals surface area (Å²) in [7, 11) is 0. The van der Waals surface area contributed by atoms with E-state index in [0.717, 1.165) is 0 Å². The van der Waals surface area contributed by atoms with Gasteiger partial charge < -0.3 is 15.3 Å². The van der Waals surface area contributed by atoms with Crippen molar-refractivity contribution in [1.29, 1.82) is 0 Å². The van der Waals surface area contributed by atoms with Gasteiger partial charge in [0.1, 0.15) is 6.10 Å². The summed E-state index contributed by atoms with van der Waals surface area (Å²) in [5.74, 6) is -4.48. The Morgan fingerprint density at radius 3 is 2.43 bits per heavy atom. The molecule has 14 heavy (non-hydrogen) atoms. The van der Waals surface area contributed by atoms with Crippen LogP contribution in [-0.4, -0.2) is 46.0 Å². The van der Waals surface area contributed by atoms with Crippen LogP contribution in [0.15, 0.2) is 5.11 Å². The molecule has 0 aliphatic heterocycles. The van der Waals surface area contributed by atoms with Gasteiger partial charge in [-0.25, -0.2) is 0 Å². The zero-order valence-corrected chi connectivity index (χ0v) is 6.71. The lowest BCUT2D eigenvalue weighted by molar-refractivity contribution is -0.216. The SMILES string of the molecule is [N-]=[N+]=N[C@@](O)([C@H](O)CO)C(F)(F)C=O. The van der Waals surface area contributed by atoms with E-state index in [9.17, 15) is 13.6 Å². The van der Waals surface area contributed by atoms with E-state index in [2.05, 4.69) is 5.11 Å². The van der Waals surface area contributed by atoms with Gasteiger partial charge in [-0.1, -0.05) is 0 Å². The number of rotatable bonds is 5. The summed E-state index contributed by atoms with van der Waals surface area (Å²) >= 11 is 0. The molecule has 2 atom stereocenters. The summed E-state index contributed by atoms with van der Waals surface area (Å²) in [4.78, 5) is 11.7. The highest BCUT2D eigenvalue weighted by molar-refractivity contribution is 5.62. The van der Waals surface area contributed by atoms with E-state index in [1.807, 2.05) is 4.91 Å². The molecule has 3 N–H and O–H groups in total. The maximum Gasteiger partial charge on any atom is 0.339 e. The highest BCUT2D eigenvalue weighted by Gasteiger charge is 2.57. The number of hydrogen-bond donors (Lipinski definition) is 3. The fourth-order valence-electron chi connectivity index (χ4n) is 0.638. The molecule has 0 fully saturated rings. The van der Waals surface area contributed by atoms with Crippen molar-refractivity contribution < 1.29 is 28.9 Å². The van der Waals surface area contributed by atoms with Crippen LogP contribution < -0.4 is 0 Å². The first-order valence-corrected chi connectivity index (χ1v) is 3.27. The fraction of sp³-hybridized carbons (Fsp3) is 0.800. The molecule has 0 saturated carbocycles. The van der Waals surface area contributed by atoms with Gasteiger partial charge in [-0.2, -0.15) is 8.78 Å². The number of carbonyl (C=O) groups is 1. The third-order valence-electron chi connectivity index (χ3n) is 1.47. The van der Waals surface area contributed by atoms with E-state index in [4.69, 9.17) is 20.9 Å². The van der Waals surface area contributed by atoms with Crippen LogP contribution in [0.25, 0.3) is 10.4 Å². The fourth-order valence-corrected chi connectivity index (χ4v) is 0.638. The van der Waals surface area contributed by atoms with Crippen LogP contribution in [0.2, 0.25) is 0 Å². The number of azide groups is 1. The quantitative estimate of drug-likeness (QED) is 0.237. The van der Waals surface area contributed by atoms with Crippen molar-refractivity contribution in [3.05, 3.63) is 10.4 Å². The van der Waals surface area contributed by atoms with Crippen LogP contribution in [0.1, 0.15) is 0 Å². The standard InChI is InChI=1S/C5H7F2N3O4/c6-4(7,2-12)5(14,9-10-8)3(13)1-11/h2-3,11,13-14H,1H2/t3-,5-/m1/s1. The summed E-state index contributed by atoms with van der Waals surface area (Å²) in [5, 5.41) is 28.3. The minimum Gasteiger partial charge on any atom is -0.394 e. The summed E-state index contributed by atoms with van der Waals surface area (Å²) in [6, 6.07) is 0.